The van der Waals surface area contributed by atoms with Crippen molar-refractivity contribution in [3.63, 3.8) is 0 Å². The molecule has 0 spiro atoms. The van der Waals surface area contributed by atoms with Gasteiger partial charge in [0.1, 0.15) is 5.82 Å². The SMILES string of the molecule is CCCNCc1cccnc1N(C)C(C)C. The second-order valence-electron chi connectivity index (χ2n) is 4.37. The molecule has 3 nitrogen and oxygen atoms in total. The highest BCUT2D eigenvalue weighted by atomic mass is 15.2. The number of hydrogen-bond donors (Lipinski definition) is 1. The molecule has 90 valence electrons. The van der Waals surface area contributed by atoms with Crippen molar-refractivity contribution in [2.24, 2.45) is 0 Å². The summed E-state index contributed by atoms with van der Waals surface area (Å²) in [6.45, 7) is 8.49. The van der Waals surface area contributed by atoms with Crippen molar-refractivity contribution in [1.29, 1.82) is 0 Å². The first kappa shape index (κ1) is 13.0. The minimum Gasteiger partial charge on any atom is -0.357 e. The number of hydrogen-bond acceptors (Lipinski definition) is 3. The van der Waals surface area contributed by atoms with Crippen molar-refractivity contribution in [2.45, 2.75) is 39.8 Å². The van der Waals surface area contributed by atoms with Crippen LogP contribution in [0.1, 0.15) is 32.8 Å². The van der Waals surface area contributed by atoms with Gasteiger partial charge in [-0.25, -0.2) is 4.98 Å². The van der Waals surface area contributed by atoms with Crippen molar-refractivity contribution in [3.8, 4) is 0 Å². The summed E-state index contributed by atoms with van der Waals surface area (Å²) in [6, 6.07) is 4.62. The van der Waals surface area contributed by atoms with Crippen molar-refractivity contribution in [2.75, 3.05) is 18.5 Å². The molecule has 1 aromatic heterocycles. The highest BCUT2D eigenvalue weighted by Crippen LogP contribution is 2.17. The van der Waals surface area contributed by atoms with Gasteiger partial charge in [0.2, 0.25) is 0 Å². The molecule has 0 radical (unpaired) electrons. The van der Waals surface area contributed by atoms with Crippen molar-refractivity contribution < 1.29 is 0 Å². The van der Waals surface area contributed by atoms with Crippen LogP contribution in [-0.2, 0) is 6.54 Å². The predicted molar refractivity (Wildman–Crippen MR) is 69.8 cm³/mol. The standard InChI is InChI=1S/C13H23N3/c1-5-8-14-10-12-7-6-9-15-13(12)16(4)11(2)3/h6-7,9,11,14H,5,8,10H2,1-4H3. The van der Waals surface area contributed by atoms with Crippen LogP contribution < -0.4 is 10.2 Å². The maximum absolute atomic E-state index is 4.46. The van der Waals surface area contributed by atoms with Gasteiger partial charge >= 0.3 is 0 Å². The number of rotatable bonds is 6. The van der Waals surface area contributed by atoms with Gasteiger partial charge in [0.25, 0.3) is 0 Å². The molecular formula is C13H23N3. The van der Waals surface area contributed by atoms with Crippen molar-refractivity contribution in [3.05, 3.63) is 23.9 Å². The Morgan fingerprint density at radius 1 is 1.44 bits per heavy atom. The Balaban J connectivity index is 2.75. The summed E-state index contributed by atoms with van der Waals surface area (Å²) < 4.78 is 0. The van der Waals surface area contributed by atoms with Crippen LogP contribution in [0.25, 0.3) is 0 Å². The Kier molecular flexibility index (Phi) is 5.26. The predicted octanol–water partition coefficient (Wildman–Crippen LogP) is 2.43. The molecule has 0 fully saturated rings. The van der Waals surface area contributed by atoms with Gasteiger partial charge < -0.3 is 10.2 Å². The van der Waals surface area contributed by atoms with Gasteiger partial charge in [-0.3, -0.25) is 0 Å². The van der Waals surface area contributed by atoms with Gasteiger partial charge in [0.15, 0.2) is 0 Å². The van der Waals surface area contributed by atoms with E-state index in [2.05, 4.69) is 49.1 Å². The van der Waals surface area contributed by atoms with Crippen LogP contribution in [-0.4, -0.2) is 24.6 Å². The first-order valence-corrected chi connectivity index (χ1v) is 6.04. The monoisotopic (exact) mass is 221 g/mol. The van der Waals surface area contributed by atoms with Gasteiger partial charge in [-0.2, -0.15) is 0 Å². The molecule has 1 aromatic rings. The summed E-state index contributed by atoms with van der Waals surface area (Å²) in [5, 5.41) is 3.42. The number of anilines is 1. The summed E-state index contributed by atoms with van der Waals surface area (Å²) >= 11 is 0. The lowest BCUT2D eigenvalue weighted by Crippen LogP contribution is -2.28. The minimum absolute atomic E-state index is 0.472. The van der Waals surface area contributed by atoms with Crippen LogP contribution >= 0.6 is 0 Å². The lowest BCUT2D eigenvalue weighted by atomic mass is 10.2. The van der Waals surface area contributed by atoms with E-state index in [0.717, 1.165) is 25.3 Å². The second kappa shape index (κ2) is 6.48. The summed E-state index contributed by atoms with van der Waals surface area (Å²) in [4.78, 5) is 6.68. The Hall–Kier alpha value is -1.09. The van der Waals surface area contributed by atoms with E-state index < -0.39 is 0 Å². The van der Waals surface area contributed by atoms with Gasteiger partial charge in [-0.05, 0) is 32.9 Å². The molecule has 1 rings (SSSR count). The van der Waals surface area contributed by atoms with Gasteiger partial charge in [0, 0.05) is 31.4 Å². The fourth-order valence-electron chi connectivity index (χ4n) is 1.53. The molecule has 0 amide bonds. The molecule has 16 heavy (non-hydrogen) atoms. The number of aromatic nitrogens is 1. The Morgan fingerprint density at radius 3 is 2.81 bits per heavy atom. The molecule has 3 heteroatoms. The summed E-state index contributed by atoms with van der Waals surface area (Å²) in [7, 11) is 2.09. The largest absolute Gasteiger partial charge is 0.357 e. The van der Waals surface area contributed by atoms with Gasteiger partial charge in [-0.15, -0.1) is 0 Å². The molecule has 0 aliphatic heterocycles. The lowest BCUT2D eigenvalue weighted by molar-refractivity contribution is 0.665. The third-order valence-electron chi connectivity index (χ3n) is 2.72. The summed E-state index contributed by atoms with van der Waals surface area (Å²) in [5.41, 5.74) is 1.27. The minimum atomic E-state index is 0.472. The van der Waals surface area contributed by atoms with Crippen LogP contribution in [0.4, 0.5) is 5.82 Å². The highest BCUT2D eigenvalue weighted by molar-refractivity contribution is 5.46. The first-order valence-electron chi connectivity index (χ1n) is 6.04. The molecule has 0 aromatic carbocycles. The highest BCUT2D eigenvalue weighted by Gasteiger charge is 2.10. The van der Waals surface area contributed by atoms with E-state index in [9.17, 15) is 0 Å². The molecular weight excluding hydrogens is 198 g/mol. The second-order valence-corrected chi connectivity index (χ2v) is 4.37. The van der Waals surface area contributed by atoms with E-state index in [1.54, 1.807) is 0 Å². The summed E-state index contributed by atoms with van der Waals surface area (Å²) in [6.07, 6.45) is 3.02. The van der Waals surface area contributed by atoms with Gasteiger partial charge in [0.05, 0.1) is 0 Å². The maximum Gasteiger partial charge on any atom is 0.132 e. The normalized spacial score (nSPS) is 10.8. The van der Waals surface area contributed by atoms with E-state index in [4.69, 9.17) is 0 Å². The average molecular weight is 221 g/mol. The molecule has 0 aliphatic rings. The molecule has 0 saturated heterocycles. The lowest BCUT2D eigenvalue weighted by Gasteiger charge is -2.25. The zero-order valence-electron chi connectivity index (χ0n) is 10.8. The molecule has 0 saturated carbocycles. The maximum atomic E-state index is 4.46. The van der Waals surface area contributed by atoms with Crippen LogP contribution in [0, 0.1) is 0 Å². The zero-order chi connectivity index (χ0) is 12.0. The summed E-state index contributed by atoms with van der Waals surface area (Å²) in [5.74, 6) is 1.08. The Labute approximate surface area is 98.9 Å². The van der Waals surface area contributed by atoms with Crippen LogP contribution in [0.5, 0.6) is 0 Å². The fourth-order valence-corrected chi connectivity index (χ4v) is 1.53. The van der Waals surface area contributed by atoms with E-state index in [1.165, 1.54) is 5.56 Å². The average Bonchev–Trinajstić information content (AvgIpc) is 2.29. The molecule has 1 heterocycles. The molecule has 1 N–H and O–H groups in total. The van der Waals surface area contributed by atoms with E-state index in [0.29, 0.717) is 6.04 Å². The molecule has 0 aliphatic carbocycles. The van der Waals surface area contributed by atoms with Crippen LogP contribution in [0.15, 0.2) is 18.3 Å². The number of pyridine rings is 1. The van der Waals surface area contributed by atoms with Crippen LogP contribution in [0.3, 0.4) is 0 Å². The topological polar surface area (TPSA) is 28.2 Å². The smallest absolute Gasteiger partial charge is 0.132 e. The number of nitrogens with zero attached hydrogens (tertiary/aromatic N) is 2. The van der Waals surface area contributed by atoms with Crippen LogP contribution in [0.2, 0.25) is 0 Å². The number of nitrogens with one attached hydrogen (secondary N) is 1. The van der Waals surface area contributed by atoms with E-state index in [-0.39, 0.29) is 0 Å². The van der Waals surface area contributed by atoms with Gasteiger partial charge in [-0.1, -0.05) is 13.0 Å². The first-order chi connectivity index (χ1) is 7.66. The quantitative estimate of drug-likeness (QED) is 0.748. The third kappa shape index (κ3) is 3.49. The molecule has 0 atom stereocenters. The molecule has 0 bridgehead atoms. The Morgan fingerprint density at radius 2 is 2.19 bits per heavy atom. The molecule has 0 unspecified atom stereocenters. The zero-order valence-corrected chi connectivity index (χ0v) is 10.8. The Bertz CT molecular complexity index is 310. The third-order valence-corrected chi connectivity index (χ3v) is 2.72. The van der Waals surface area contributed by atoms with Crippen molar-refractivity contribution in [1.82, 2.24) is 10.3 Å². The fraction of sp³-hybridized carbons (Fsp3) is 0.615. The van der Waals surface area contributed by atoms with Crippen molar-refractivity contribution >= 4 is 5.82 Å². The van der Waals surface area contributed by atoms with E-state index >= 15 is 0 Å². The van der Waals surface area contributed by atoms with E-state index in [1.807, 2.05) is 12.3 Å².